The number of nitrogens with zero attached hydrogens (tertiary/aromatic N) is 2. The fraction of sp³-hybridized carbons (Fsp3) is 0.375. The summed E-state index contributed by atoms with van der Waals surface area (Å²) in [4.78, 5) is 29.0. The Bertz CT molecular complexity index is 1440. The van der Waals surface area contributed by atoms with Gasteiger partial charge in [-0.25, -0.2) is 8.42 Å². The molecule has 1 N–H and O–H groups in total. The molecule has 1 atom stereocenters. The second kappa shape index (κ2) is 14.7. The average molecular weight is 596 g/mol. The molecule has 0 saturated heterocycles. The van der Waals surface area contributed by atoms with Gasteiger partial charge in [0.1, 0.15) is 12.6 Å². The van der Waals surface area contributed by atoms with Crippen LogP contribution in [0.5, 0.6) is 11.5 Å². The van der Waals surface area contributed by atoms with Crippen molar-refractivity contribution < 1.29 is 27.5 Å². The van der Waals surface area contributed by atoms with E-state index >= 15 is 0 Å². The lowest BCUT2D eigenvalue weighted by Gasteiger charge is -2.33. The number of nitrogens with one attached hydrogen (secondary N) is 1. The minimum atomic E-state index is -4.19. The van der Waals surface area contributed by atoms with Gasteiger partial charge in [-0.05, 0) is 49.1 Å². The predicted molar refractivity (Wildman–Crippen MR) is 164 cm³/mol. The first-order valence-corrected chi connectivity index (χ1v) is 15.4. The van der Waals surface area contributed by atoms with Gasteiger partial charge < -0.3 is 19.7 Å². The van der Waals surface area contributed by atoms with Gasteiger partial charge in [-0.2, -0.15) is 0 Å². The first-order valence-electron chi connectivity index (χ1n) is 13.9. The third kappa shape index (κ3) is 8.03. The number of anilines is 1. The van der Waals surface area contributed by atoms with E-state index in [0.29, 0.717) is 24.5 Å². The van der Waals surface area contributed by atoms with Crippen molar-refractivity contribution >= 4 is 27.5 Å². The standard InChI is InChI=1S/C32H41N3O6S/c1-7-28(32(37)33-20-23(2)3)34(21-25-15-13-24(4)14-16-25)31(36)22-35(42(38,39)27-11-9-8-10-12-27)26-17-18-29(40-5)30(19-26)41-6/h8-19,23,28H,7,20-22H2,1-6H3,(H,33,37). The largest absolute Gasteiger partial charge is 0.493 e. The van der Waals surface area contributed by atoms with E-state index in [1.807, 2.05) is 52.0 Å². The number of rotatable bonds is 14. The number of hydrogen-bond acceptors (Lipinski definition) is 6. The van der Waals surface area contributed by atoms with Gasteiger partial charge in [-0.15, -0.1) is 0 Å². The van der Waals surface area contributed by atoms with Crippen LogP contribution in [-0.2, 0) is 26.2 Å². The zero-order chi connectivity index (χ0) is 30.9. The van der Waals surface area contributed by atoms with Crippen molar-refractivity contribution in [3.05, 3.63) is 83.9 Å². The van der Waals surface area contributed by atoms with E-state index in [4.69, 9.17) is 9.47 Å². The summed E-state index contributed by atoms with van der Waals surface area (Å²) in [6.45, 7) is 7.85. The third-order valence-corrected chi connectivity index (χ3v) is 8.60. The summed E-state index contributed by atoms with van der Waals surface area (Å²) in [5, 5.41) is 2.94. The highest BCUT2D eigenvalue weighted by Gasteiger charge is 2.34. The Kier molecular flexibility index (Phi) is 11.4. The predicted octanol–water partition coefficient (Wildman–Crippen LogP) is 4.79. The molecule has 1 unspecified atom stereocenters. The number of sulfonamides is 1. The third-order valence-electron chi connectivity index (χ3n) is 6.81. The normalized spacial score (nSPS) is 12.0. The van der Waals surface area contributed by atoms with Gasteiger partial charge in [-0.3, -0.25) is 13.9 Å². The molecule has 42 heavy (non-hydrogen) atoms. The molecule has 0 aliphatic heterocycles. The Morgan fingerprint density at radius 3 is 2.12 bits per heavy atom. The highest BCUT2D eigenvalue weighted by atomic mass is 32.2. The topological polar surface area (TPSA) is 105 Å². The lowest BCUT2D eigenvalue weighted by Crippen LogP contribution is -2.52. The molecule has 0 fully saturated rings. The highest BCUT2D eigenvalue weighted by molar-refractivity contribution is 7.92. The minimum Gasteiger partial charge on any atom is -0.493 e. The highest BCUT2D eigenvalue weighted by Crippen LogP contribution is 2.34. The second-order valence-electron chi connectivity index (χ2n) is 10.4. The van der Waals surface area contributed by atoms with Crippen molar-refractivity contribution in [1.29, 1.82) is 0 Å². The molecule has 0 heterocycles. The van der Waals surface area contributed by atoms with Crippen molar-refractivity contribution in [2.75, 3.05) is 31.6 Å². The van der Waals surface area contributed by atoms with Gasteiger partial charge in [-0.1, -0.05) is 68.8 Å². The summed E-state index contributed by atoms with van der Waals surface area (Å²) < 4.78 is 39.8. The number of ether oxygens (including phenoxy) is 2. The number of aryl methyl sites for hydroxylation is 1. The van der Waals surface area contributed by atoms with Crippen molar-refractivity contribution in [2.45, 2.75) is 51.6 Å². The molecule has 226 valence electrons. The second-order valence-corrected chi connectivity index (χ2v) is 12.3. The quantitative estimate of drug-likeness (QED) is 0.288. The van der Waals surface area contributed by atoms with Gasteiger partial charge in [0.2, 0.25) is 11.8 Å². The first kappa shape index (κ1) is 32.5. The number of carbonyl (C=O) groups is 2. The van der Waals surface area contributed by atoms with E-state index in [0.717, 1.165) is 15.4 Å². The van der Waals surface area contributed by atoms with Crippen LogP contribution in [0.3, 0.4) is 0 Å². The summed E-state index contributed by atoms with van der Waals surface area (Å²) >= 11 is 0. The van der Waals surface area contributed by atoms with Crippen molar-refractivity contribution in [3.63, 3.8) is 0 Å². The summed E-state index contributed by atoms with van der Waals surface area (Å²) in [6, 6.07) is 19.5. The van der Waals surface area contributed by atoms with Crippen LogP contribution in [0.2, 0.25) is 0 Å². The fourth-order valence-corrected chi connectivity index (χ4v) is 5.89. The number of benzene rings is 3. The van der Waals surface area contributed by atoms with Crippen molar-refractivity contribution in [2.24, 2.45) is 5.92 Å². The number of amides is 2. The summed E-state index contributed by atoms with van der Waals surface area (Å²) in [5.74, 6) is 0.154. The SMILES string of the molecule is CCC(C(=O)NCC(C)C)N(Cc1ccc(C)cc1)C(=O)CN(c1ccc(OC)c(OC)c1)S(=O)(=O)c1ccccc1. The molecular weight excluding hydrogens is 554 g/mol. The number of hydrogen-bond donors (Lipinski definition) is 1. The molecule has 10 heteroatoms. The van der Waals surface area contributed by atoms with E-state index in [2.05, 4.69) is 5.32 Å². The van der Waals surface area contributed by atoms with Crippen LogP contribution in [0.25, 0.3) is 0 Å². The van der Waals surface area contributed by atoms with E-state index in [9.17, 15) is 18.0 Å². The molecule has 0 saturated carbocycles. The lowest BCUT2D eigenvalue weighted by atomic mass is 10.1. The van der Waals surface area contributed by atoms with Crippen LogP contribution >= 0.6 is 0 Å². The van der Waals surface area contributed by atoms with Gasteiger partial charge in [0.25, 0.3) is 10.0 Å². The van der Waals surface area contributed by atoms with Gasteiger partial charge in [0.15, 0.2) is 11.5 Å². The summed E-state index contributed by atoms with van der Waals surface area (Å²) in [5.41, 5.74) is 2.11. The van der Waals surface area contributed by atoms with E-state index in [1.54, 1.807) is 30.3 Å². The smallest absolute Gasteiger partial charge is 0.264 e. The van der Waals surface area contributed by atoms with Gasteiger partial charge in [0, 0.05) is 19.2 Å². The van der Waals surface area contributed by atoms with Gasteiger partial charge >= 0.3 is 0 Å². The molecule has 0 aromatic heterocycles. The molecule has 3 aromatic rings. The maximum atomic E-state index is 14.2. The summed E-state index contributed by atoms with van der Waals surface area (Å²) in [7, 11) is -1.25. The molecule has 0 aliphatic rings. The van der Waals surface area contributed by atoms with Crippen molar-refractivity contribution in [1.82, 2.24) is 10.2 Å². The number of methoxy groups -OCH3 is 2. The van der Waals surface area contributed by atoms with E-state index in [-0.39, 0.29) is 29.0 Å². The van der Waals surface area contributed by atoms with Crippen LogP contribution in [-0.4, -0.2) is 58.5 Å². The van der Waals surface area contributed by atoms with Crippen LogP contribution in [0, 0.1) is 12.8 Å². The van der Waals surface area contributed by atoms with Crippen molar-refractivity contribution in [3.8, 4) is 11.5 Å². The molecule has 0 bridgehead atoms. The van der Waals surface area contributed by atoms with E-state index in [1.165, 1.54) is 37.3 Å². The van der Waals surface area contributed by atoms with E-state index < -0.39 is 28.5 Å². The van der Waals surface area contributed by atoms with Crippen LogP contribution in [0.4, 0.5) is 5.69 Å². The first-order chi connectivity index (χ1) is 20.0. The monoisotopic (exact) mass is 595 g/mol. The zero-order valence-electron chi connectivity index (χ0n) is 25.2. The van der Waals surface area contributed by atoms with Crippen LogP contribution < -0.4 is 19.1 Å². The Morgan fingerprint density at radius 2 is 1.55 bits per heavy atom. The Labute approximate surface area is 249 Å². The molecule has 2 amide bonds. The Balaban J connectivity index is 2.08. The molecule has 3 aromatic carbocycles. The number of carbonyl (C=O) groups excluding carboxylic acids is 2. The lowest BCUT2D eigenvalue weighted by molar-refractivity contribution is -0.140. The molecule has 0 spiro atoms. The maximum Gasteiger partial charge on any atom is 0.264 e. The molecule has 9 nitrogen and oxygen atoms in total. The Morgan fingerprint density at radius 1 is 0.905 bits per heavy atom. The molecule has 0 aliphatic carbocycles. The van der Waals surface area contributed by atoms with Crippen LogP contribution in [0.15, 0.2) is 77.7 Å². The molecular formula is C32H41N3O6S. The van der Waals surface area contributed by atoms with Crippen LogP contribution in [0.1, 0.15) is 38.3 Å². The summed E-state index contributed by atoms with van der Waals surface area (Å²) in [6.07, 6.45) is 0.351. The zero-order valence-corrected chi connectivity index (χ0v) is 26.0. The fourth-order valence-electron chi connectivity index (χ4n) is 4.46. The Hall–Kier alpha value is -4.05. The van der Waals surface area contributed by atoms with Gasteiger partial charge in [0.05, 0.1) is 24.8 Å². The molecule has 3 rings (SSSR count). The maximum absolute atomic E-state index is 14.2. The minimum absolute atomic E-state index is 0.0272. The average Bonchev–Trinajstić information content (AvgIpc) is 2.99. The molecule has 0 radical (unpaired) electrons.